The summed E-state index contributed by atoms with van der Waals surface area (Å²) in [5.74, 6) is 0.382. The minimum Gasteiger partial charge on any atom is -0.444 e. The maximum absolute atomic E-state index is 11.9. The molecule has 1 aromatic heterocycles. The molecule has 2 rings (SSSR count). The van der Waals surface area contributed by atoms with Gasteiger partial charge in [-0.15, -0.1) is 0 Å². The number of hydrogen-bond acceptors (Lipinski definition) is 5. The Bertz CT molecular complexity index is 458. The van der Waals surface area contributed by atoms with Crippen LogP contribution in [-0.2, 0) is 15.0 Å². The summed E-state index contributed by atoms with van der Waals surface area (Å²) in [5, 5.41) is 9.59. The molecule has 7 nitrogen and oxygen atoms in total. The summed E-state index contributed by atoms with van der Waals surface area (Å²) in [5.41, 5.74) is 5.15. The minimum absolute atomic E-state index is 0.369. The summed E-state index contributed by atoms with van der Waals surface area (Å²) in [7, 11) is 0. The molecule has 1 amide bonds. The van der Waals surface area contributed by atoms with Gasteiger partial charge in [0.15, 0.2) is 0 Å². The predicted octanol–water partition coefficient (Wildman–Crippen LogP) is 1.13. The zero-order valence-electron chi connectivity index (χ0n) is 11.4. The van der Waals surface area contributed by atoms with Crippen molar-refractivity contribution in [1.82, 2.24) is 15.5 Å². The van der Waals surface area contributed by atoms with Gasteiger partial charge in [-0.1, -0.05) is 0 Å². The highest BCUT2D eigenvalue weighted by Crippen LogP contribution is 2.30. The van der Waals surface area contributed by atoms with Crippen LogP contribution < -0.4 is 11.1 Å². The molecule has 1 aromatic rings. The van der Waals surface area contributed by atoms with E-state index in [0.717, 1.165) is 5.69 Å². The number of alkyl carbamates (subject to hydrolysis) is 1. The third-order valence-electron chi connectivity index (χ3n) is 2.88. The maximum atomic E-state index is 11.9. The van der Waals surface area contributed by atoms with Gasteiger partial charge in [0.2, 0.25) is 0 Å². The fraction of sp³-hybridized carbons (Fsp3) is 0.667. The van der Waals surface area contributed by atoms with Gasteiger partial charge in [0.05, 0.1) is 12.3 Å². The van der Waals surface area contributed by atoms with Crippen molar-refractivity contribution in [2.24, 2.45) is 0 Å². The van der Waals surface area contributed by atoms with E-state index in [1.807, 2.05) is 20.8 Å². The Morgan fingerprint density at radius 3 is 2.84 bits per heavy atom. The lowest BCUT2D eigenvalue weighted by molar-refractivity contribution is 0.0434. The van der Waals surface area contributed by atoms with Crippen molar-refractivity contribution >= 4 is 11.9 Å². The van der Waals surface area contributed by atoms with Crippen molar-refractivity contribution in [2.75, 3.05) is 18.9 Å². The summed E-state index contributed by atoms with van der Waals surface area (Å²) in [6.07, 6.45) is 0.166. The molecule has 0 bridgehead atoms. The number of H-pyrrole nitrogens is 1. The van der Waals surface area contributed by atoms with E-state index in [4.69, 9.17) is 15.2 Å². The van der Waals surface area contributed by atoms with Crippen molar-refractivity contribution in [2.45, 2.75) is 38.3 Å². The first-order valence-electron chi connectivity index (χ1n) is 6.21. The summed E-state index contributed by atoms with van der Waals surface area (Å²) in [6.45, 7) is 6.39. The number of carbonyl (C=O) groups excluding carboxylic acids is 1. The van der Waals surface area contributed by atoms with Crippen LogP contribution in [0.25, 0.3) is 0 Å². The topological polar surface area (TPSA) is 102 Å². The Hall–Kier alpha value is -1.76. The third-order valence-corrected chi connectivity index (χ3v) is 2.88. The van der Waals surface area contributed by atoms with Crippen LogP contribution in [0.15, 0.2) is 6.07 Å². The number of aromatic amines is 1. The van der Waals surface area contributed by atoms with E-state index < -0.39 is 17.2 Å². The highest BCUT2D eigenvalue weighted by atomic mass is 16.6. The van der Waals surface area contributed by atoms with E-state index >= 15 is 0 Å². The smallest absolute Gasteiger partial charge is 0.408 e. The second-order valence-corrected chi connectivity index (χ2v) is 5.72. The van der Waals surface area contributed by atoms with Crippen molar-refractivity contribution in [1.29, 1.82) is 0 Å². The molecule has 1 aliphatic heterocycles. The average molecular weight is 268 g/mol. The van der Waals surface area contributed by atoms with Gasteiger partial charge < -0.3 is 20.5 Å². The van der Waals surface area contributed by atoms with Gasteiger partial charge in [0, 0.05) is 19.1 Å². The molecule has 1 aliphatic rings. The maximum Gasteiger partial charge on any atom is 0.408 e. The number of hydrogen-bond donors (Lipinski definition) is 3. The number of anilines is 1. The molecule has 0 spiro atoms. The Morgan fingerprint density at radius 1 is 1.63 bits per heavy atom. The molecule has 0 saturated carbocycles. The number of amides is 1. The van der Waals surface area contributed by atoms with E-state index in [1.165, 1.54) is 0 Å². The molecular weight excluding hydrogens is 248 g/mol. The Kier molecular flexibility index (Phi) is 3.40. The third kappa shape index (κ3) is 3.17. The average Bonchev–Trinajstić information content (AvgIpc) is 2.84. The number of carbonyl (C=O) groups is 1. The Balaban J connectivity index is 2.15. The zero-order valence-corrected chi connectivity index (χ0v) is 11.4. The molecule has 2 heterocycles. The van der Waals surface area contributed by atoms with Gasteiger partial charge >= 0.3 is 6.09 Å². The molecule has 0 aliphatic carbocycles. The Morgan fingerprint density at radius 2 is 2.37 bits per heavy atom. The van der Waals surface area contributed by atoms with Crippen molar-refractivity contribution < 1.29 is 14.3 Å². The summed E-state index contributed by atoms with van der Waals surface area (Å²) in [6, 6.07) is 1.70. The molecule has 1 atom stereocenters. The lowest BCUT2D eigenvalue weighted by Gasteiger charge is -2.29. The second kappa shape index (κ2) is 4.73. The predicted molar refractivity (Wildman–Crippen MR) is 69.5 cm³/mol. The van der Waals surface area contributed by atoms with Crippen molar-refractivity contribution in [3.05, 3.63) is 11.8 Å². The Labute approximate surface area is 111 Å². The van der Waals surface area contributed by atoms with Gasteiger partial charge in [-0.05, 0) is 20.8 Å². The van der Waals surface area contributed by atoms with Crippen LogP contribution in [0.3, 0.4) is 0 Å². The highest BCUT2D eigenvalue weighted by molar-refractivity contribution is 5.69. The van der Waals surface area contributed by atoms with E-state index in [0.29, 0.717) is 25.5 Å². The fourth-order valence-corrected chi connectivity index (χ4v) is 2.02. The van der Waals surface area contributed by atoms with Crippen LogP contribution in [0.1, 0.15) is 32.9 Å². The normalized spacial score (nSPS) is 23.3. The number of nitrogen functional groups attached to an aromatic ring is 1. The lowest BCUT2D eigenvalue weighted by Crippen LogP contribution is -2.48. The van der Waals surface area contributed by atoms with Gasteiger partial charge in [-0.2, -0.15) is 5.10 Å². The number of aromatic nitrogens is 2. The fourth-order valence-electron chi connectivity index (χ4n) is 2.02. The molecule has 0 aromatic carbocycles. The van der Waals surface area contributed by atoms with Crippen molar-refractivity contribution in [3.8, 4) is 0 Å². The molecule has 0 radical (unpaired) electrons. The molecule has 4 N–H and O–H groups in total. The number of rotatable bonds is 2. The van der Waals surface area contributed by atoms with Crippen LogP contribution in [0.4, 0.5) is 10.6 Å². The quantitative estimate of drug-likeness (QED) is 0.746. The molecule has 1 fully saturated rings. The van der Waals surface area contributed by atoms with Gasteiger partial charge in [-0.25, -0.2) is 4.79 Å². The van der Waals surface area contributed by atoms with Crippen LogP contribution in [0.5, 0.6) is 0 Å². The van der Waals surface area contributed by atoms with Gasteiger partial charge in [-0.3, -0.25) is 5.10 Å². The number of nitrogens with two attached hydrogens (primary N) is 1. The SMILES string of the molecule is CC(C)(C)OC(=O)NC1(c2cc(N)n[nH]2)CCOC1. The summed E-state index contributed by atoms with van der Waals surface area (Å²) < 4.78 is 10.7. The number of nitrogens with zero attached hydrogens (tertiary/aromatic N) is 1. The summed E-state index contributed by atoms with van der Waals surface area (Å²) >= 11 is 0. The van der Waals surface area contributed by atoms with Gasteiger partial charge in [0.1, 0.15) is 17.0 Å². The largest absolute Gasteiger partial charge is 0.444 e. The number of ether oxygens (including phenoxy) is 2. The first-order valence-corrected chi connectivity index (χ1v) is 6.21. The first-order chi connectivity index (χ1) is 8.81. The summed E-state index contributed by atoms with van der Waals surface area (Å²) in [4.78, 5) is 11.9. The van der Waals surface area contributed by atoms with Crippen LogP contribution >= 0.6 is 0 Å². The lowest BCUT2D eigenvalue weighted by atomic mass is 9.94. The van der Waals surface area contributed by atoms with E-state index in [1.54, 1.807) is 6.07 Å². The van der Waals surface area contributed by atoms with Crippen LogP contribution in [-0.4, -0.2) is 35.1 Å². The van der Waals surface area contributed by atoms with E-state index in [-0.39, 0.29) is 0 Å². The second-order valence-electron chi connectivity index (χ2n) is 5.72. The number of nitrogens with one attached hydrogen (secondary N) is 2. The monoisotopic (exact) mass is 268 g/mol. The zero-order chi connectivity index (χ0) is 14.1. The molecule has 1 unspecified atom stereocenters. The molecule has 7 heteroatoms. The molecule has 1 saturated heterocycles. The van der Waals surface area contributed by atoms with Crippen molar-refractivity contribution in [3.63, 3.8) is 0 Å². The van der Waals surface area contributed by atoms with E-state index in [2.05, 4.69) is 15.5 Å². The highest BCUT2D eigenvalue weighted by Gasteiger charge is 2.41. The van der Waals surface area contributed by atoms with Gasteiger partial charge in [0.25, 0.3) is 0 Å². The van der Waals surface area contributed by atoms with E-state index in [9.17, 15) is 4.79 Å². The van der Waals surface area contributed by atoms with Crippen LogP contribution in [0.2, 0.25) is 0 Å². The van der Waals surface area contributed by atoms with Crippen LogP contribution in [0, 0.1) is 0 Å². The minimum atomic E-state index is -0.646. The standard InChI is InChI=1S/C12H20N4O3/c1-11(2,3)19-10(17)14-12(4-5-18-7-12)8-6-9(13)16-15-8/h6H,4-5,7H2,1-3H3,(H,14,17)(H3,13,15,16). The molecule has 106 valence electrons. The molecular formula is C12H20N4O3. The first kappa shape index (κ1) is 13.7. The molecule has 19 heavy (non-hydrogen) atoms.